The van der Waals surface area contributed by atoms with E-state index in [9.17, 15) is 9.59 Å². The molecular weight excluding hydrogens is 506 g/mol. The molecule has 1 heterocycles. The van der Waals surface area contributed by atoms with Gasteiger partial charge in [0.2, 0.25) is 0 Å². The third-order valence-electron chi connectivity index (χ3n) is 6.62. The molecule has 0 saturated heterocycles. The molecule has 7 heteroatoms. The minimum atomic E-state index is -0.336. The summed E-state index contributed by atoms with van der Waals surface area (Å²) in [7, 11) is 0. The molecule has 0 bridgehead atoms. The predicted octanol–water partition coefficient (Wildman–Crippen LogP) is 6.14. The van der Waals surface area contributed by atoms with Crippen LogP contribution in [0, 0.1) is 6.92 Å². The lowest BCUT2D eigenvalue weighted by molar-refractivity contribution is -0.144. The van der Waals surface area contributed by atoms with Gasteiger partial charge in [-0.1, -0.05) is 61.9 Å². The van der Waals surface area contributed by atoms with E-state index in [2.05, 4.69) is 6.92 Å². The van der Waals surface area contributed by atoms with Crippen molar-refractivity contribution in [1.29, 1.82) is 0 Å². The zero-order chi connectivity index (χ0) is 28.2. The van der Waals surface area contributed by atoms with E-state index in [1.54, 1.807) is 28.8 Å². The number of carbonyl (C=O) groups excluding carboxylic acids is 2. The number of aromatic nitrogens is 1. The van der Waals surface area contributed by atoms with E-state index in [1.807, 2.05) is 61.5 Å². The van der Waals surface area contributed by atoms with Crippen molar-refractivity contribution in [3.8, 4) is 5.75 Å². The second kappa shape index (κ2) is 15.0. The molecule has 0 saturated carbocycles. The molecule has 0 aliphatic carbocycles. The number of fused-ring (bicyclic) bond motifs is 1. The second-order valence-corrected chi connectivity index (χ2v) is 9.50. The van der Waals surface area contributed by atoms with Crippen LogP contribution in [0.25, 0.3) is 10.9 Å². The molecule has 4 rings (SSSR count). The summed E-state index contributed by atoms with van der Waals surface area (Å²) in [4.78, 5) is 26.3. The molecule has 0 spiro atoms. The first-order chi connectivity index (χ1) is 19.6. The van der Waals surface area contributed by atoms with Crippen molar-refractivity contribution in [2.75, 3.05) is 33.0 Å². The predicted molar refractivity (Wildman–Crippen MR) is 155 cm³/mol. The standard InChI is InChI=1S/C33H37NO6/c1-3-4-18-37-19-20-38-21-22-39-28-16-14-27(15-17-28)33(36)34-25(2)30(29-12-8-9-13-31(29)34)23-32(35)40-24-26-10-6-5-7-11-26/h5-17H,3-4,18-24H2,1-2H3. The fourth-order valence-corrected chi connectivity index (χ4v) is 4.46. The van der Waals surface area contributed by atoms with Gasteiger partial charge in [-0.3, -0.25) is 14.2 Å². The molecule has 0 fully saturated rings. The van der Waals surface area contributed by atoms with Crippen LogP contribution in [0.15, 0.2) is 78.9 Å². The summed E-state index contributed by atoms with van der Waals surface area (Å²) in [5, 5.41) is 0.862. The van der Waals surface area contributed by atoms with Gasteiger partial charge in [0.15, 0.2) is 0 Å². The first kappa shape index (κ1) is 29.1. The molecule has 4 aromatic rings. The van der Waals surface area contributed by atoms with Crippen LogP contribution in [0.3, 0.4) is 0 Å². The van der Waals surface area contributed by atoms with Gasteiger partial charge in [0, 0.05) is 23.3 Å². The third kappa shape index (κ3) is 7.81. The lowest BCUT2D eigenvalue weighted by Gasteiger charge is -2.10. The summed E-state index contributed by atoms with van der Waals surface area (Å²) in [5.41, 5.74) is 3.72. The van der Waals surface area contributed by atoms with Gasteiger partial charge in [0.05, 0.1) is 31.8 Å². The SMILES string of the molecule is CCCCOCCOCCOc1ccc(C(=O)n2c(C)c(CC(=O)OCc3ccccc3)c3ccccc32)cc1. The molecule has 0 radical (unpaired) electrons. The smallest absolute Gasteiger partial charge is 0.310 e. The van der Waals surface area contributed by atoms with Crippen LogP contribution in [0.4, 0.5) is 0 Å². The van der Waals surface area contributed by atoms with Gasteiger partial charge in [-0.2, -0.15) is 0 Å². The lowest BCUT2D eigenvalue weighted by atomic mass is 10.1. The number of para-hydroxylation sites is 1. The number of hydrogen-bond acceptors (Lipinski definition) is 6. The number of nitrogens with zero attached hydrogens (tertiary/aromatic N) is 1. The largest absolute Gasteiger partial charge is 0.491 e. The van der Waals surface area contributed by atoms with Gasteiger partial charge in [0.25, 0.3) is 5.91 Å². The van der Waals surface area contributed by atoms with Crippen LogP contribution in [0.2, 0.25) is 0 Å². The van der Waals surface area contributed by atoms with E-state index in [0.29, 0.717) is 37.7 Å². The lowest BCUT2D eigenvalue weighted by Crippen LogP contribution is -2.15. The highest BCUT2D eigenvalue weighted by molar-refractivity contribution is 6.04. The van der Waals surface area contributed by atoms with Crippen LogP contribution < -0.4 is 4.74 Å². The van der Waals surface area contributed by atoms with Crippen LogP contribution in [-0.4, -0.2) is 49.5 Å². The highest BCUT2D eigenvalue weighted by Gasteiger charge is 2.21. The average molecular weight is 544 g/mol. The molecule has 40 heavy (non-hydrogen) atoms. The average Bonchev–Trinajstić information content (AvgIpc) is 3.26. The first-order valence-electron chi connectivity index (χ1n) is 13.8. The van der Waals surface area contributed by atoms with Gasteiger partial charge in [0.1, 0.15) is 19.0 Å². The maximum Gasteiger partial charge on any atom is 0.310 e. The summed E-state index contributed by atoms with van der Waals surface area (Å²) in [5.74, 6) is 0.155. The molecule has 0 aliphatic heterocycles. The Hall–Kier alpha value is -3.94. The molecule has 0 unspecified atom stereocenters. The van der Waals surface area contributed by atoms with E-state index in [4.69, 9.17) is 18.9 Å². The van der Waals surface area contributed by atoms with Gasteiger partial charge >= 0.3 is 5.97 Å². The van der Waals surface area contributed by atoms with E-state index < -0.39 is 0 Å². The Labute approximate surface area is 235 Å². The van der Waals surface area contributed by atoms with Crippen molar-refractivity contribution in [3.63, 3.8) is 0 Å². The maximum atomic E-state index is 13.6. The number of unbranched alkanes of at least 4 members (excludes halogenated alkanes) is 1. The number of benzene rings is 3. The topological polar surface area (TPSA) is 76.0 Å². The Kier molecular flexibility index (Phi) is 10.9. The molecular formula is C33H37NO6. The van der Waals surface area contributed by atoms with E-state index in [0.717, 1.165) is 47.2 Å². The normalized spacial score (nSPS) is 11.1. The molecule has 7 nitrogen and oxygen atoms in total. The monoisotopic (exact) mass is 543 g/mol. The second-order valence-electron chi connectivity index (χ2n) is 9.50. The molecule has 210 valence electrons. The Morgan fingerprint density at radius 3 is 2.20 bits per heavy atom. The molecule has 3 aromatic carbocycles. The number of ether oxygens (including phenoxy) is 4. The number of hydrogen-bond donors (Lipinski definition) is 0. The van der Waals surface area contributed by atoms with Gasteiger partial charge in [-0.05, 0) is 54.8 Å². The summed E-state index contributed by atoms with van der Waals surface area (Å²) >= 11 is 0. The zero-order valence-corrected chi connectivity index (χ0v) is 23.3. The van der Waals surface area contributed by atoms with Crippen molar-refractivity contribution in [3.05, 3.63) is 101 Å². The Morgan fingerprint density at radius 2 is 1.45 bits per heavy atom. The summed E-state index contributed by atoms with van der Waals surface area (Å²) in [6, 6.07) is 24.3. The van der Waals surface area contributed by atoms with Crippen molar-refractivity contribution in [1.82, 2.24) is 4.57 Å². The van der Waals surface area contributed by atoms with Gasteiger partial charge < -0.3 is 18.9 Å². The van der Waals surface area contributed by atoms with Crippen molar-refractivity contribution < 1.29 is 28.5 Å². The van der Waals surface area contributed by atoms with Gasteiger partial charge in [-0.15, -0.1) is 0 Å². The summed E-state index contributed by atoms with van der Waals surface area (Å²) in [6.07, 6.45) is 2.26. The van der Waals surface area contributed by atoms with Crippen LogP contribution in [-0.2, 0) is 32.0 Å². The van der Waals surface area contributed by atoms with Crippen molar-refractivity contribution in [2.24, 2.45) is 0 Å². The van der Waals surface area contributed by atoms with Crippen molar-refractivity contribution >= 4 is 22.8 Å². The van der Waals surface area contributed by atoms with Crippen LogP contribution in [0.1, 0.15) is 46.9 Å². The fourth-order valence-electron chi connectivity index (χ4n) is 4.46. The maximum absolute atomic E-state index is 13.6. The molecule has 0 aliphatic rings. The van der Waals surface area contributed by atoms with Crippen LogP contribution in [0.5, 0.6) is 5.75 Å². The minimum absolute atomic E-state index is 0.0825. The summed E-state index contributed by atoms with van der Waals surface area (Å²) < 4.78 is 23.9. The van der Waals surface area contributed by atoms with E-state index >= 15 is 0 Å². The molecule has 1 aromatic heterocycles. The highest BCUT2D eigenvalue weighted by Crippen LogP contribution is 2.28. The fraction of sp³-hybridized carbons (Fsp3) is 0.333. The summed E-state index contributed by atoms with van der Waals surface area (Å²) in [6.45, 7) is 6.97. The van der Waals surface area contributed by atoms with E-state index in [-0.39, 0.29) is 24.9 Å². The minimum Gasteiger partial charge on any atom is -0.491 e. The number of esters is 1. The first-order valence-corrected chi connectivity index (χ1v) is 13.8. The molecule has 0 N–H and O–H groups in total. The third-order valence-corrected chi connectivity index (χ3v) is 6.62. The van der Waals surface area contributed by atoms with Crippen LogP contribution >= 0.6 is 0 Å². The molecule has 0 atom stereocenters. The highest BCUT2D eigenvalue weighted by atomic mass is 16.5. The Balaban J connectivity index is 1.36. The quantitative estimate of drug-likeness (QED) is 0.133. The van der Waals surface area contributed by atoms with Gasteiger partial charge in [-0.25, -0.2) is 0 Å². The Morgan fingerprint density at radius 1 is 0.775 bits per heavy atom. The zero-order valence-electron chi connectivity index (χ0n) is 23.3. The molecule has 0 amide bonds. The number of carbonyl (C=O) groups is 2. The van der Waals surface area contributed by atoms with Crippen molar-refractivity contribution in [2.45, 2.75) is 39.7 Å². The van der Waals surface area contributed by atoms with E-state index in [1.165, 1.54) is 0 Å². The number of rotatable bonds is 15. The Bertz CT molecular complexity index is 1380.